The maximum absolute atomic E-state index is 14.2. The van der Waals surface area contributed by atoms with Gasteiger partial charge in [0.1, 0.15) is 11.6 Å². The lowest BCUT2D eigenvalue weighted by Crippen LogP contribution is -2.24. The SMILES string of the molecule is CCNC(Cc1ccc(F)cc1Cl)c1ccc(C)cc1F. The van der Waals surface area contributed by atoms with E-state index in [1.807, 2.05) is 19.9 Å². The lowest BCUT2D eigenvalue weighted by atomic mass is 9.97. The van der Waals surface area contributed by atoms with Crippen LogP contribution >= 0.6 is 11.6 Å². The van der Waals surface area contributed by atoms with Crippen LogP contribution in [0, 0.1) is 18.6 Å². The number of rotatable bonds is 5. The predicted molar refractivity (Wildman–Crippen MR) is 82.7 cm³/mol. The van der Waals surface area contributed by atoms with Gasteiger partial charge in [0, 0.05) is 16.6 Å². The van der Waals surface area contributed by atoms with Gasteiger partial charge < -0.3 is 5.32 Å². The molecule has 0 fully saturated rings. The van der Waals surface area contributed by atoms with Gasteiger partial charge in [-0.2, -0.15) is 0 Å². The van der Waals surface area contributed by atoms with Crippen LogP contribution in [0.25, 0.3) is 0 Å². The highest BCUT2D eigenvalue weighted by Crippen LogP contribution is 2.26. The second-order valence-electron chi connectivity index (χ2n) is 5.08. The van der Waals surface area contributed by atoms with Crippen LogP contribution in [0.4, 0.5) is 8.78 Å². The Kier molecular flexibility index (Phi) is 5.32. The van der Waals surface area contributed by atoms with Gasteiger partial charge in [-0.1, -0.05) is 36.7 Å². The fourth-order valence-electron chi connectivity index (χ4n) is 2.36. The summed E-state index contributed by atoms with van der Waals surface area (Å²) < 4.78 is 27.3. The van der Waals surface area contributed by atoms with E-state index in [1.54, 1.807) is 12.1 Å². The van der Waals surface area contributed by atoms with E-state index >= 15 is 0 Å². The first-order valence-electron chi connectivity index (χ1n) is 6.94. The minimum atomic E-state index is -0.370. The summed E-state index contributed by atoms with van der Waals surface area (Å²) in [7, 11) is 0. The van der Waals surface area contributed by atoms with E-state index < -0.39 is 0 Å². The smallest absolute Gasteiger partial charge is 0.128 e. The van der Waals surface area contributed by atoms with Crippen LogP contribution in [0.1, 0.15) is 29.7 Å². The Morgan fingerprint density at radius 1 is 1.14 bits per heavy atom. The third-order valence-electron chi connectivity index (χ3n) is 3.42. The van der Waals surface area contributed by atoms with E-state index in [2.05, 4.69) is 5.32 Å². The van der Waals surface area contributed by atoms with Gasteiger partial charge in [0.25, 0.3) is 0 Å². The summed E-state index contributed by atoms with van der Waals surface area (Å²) in [6.07, 6.45) is 0.507. The summed E-state index contributed by atoms with van der Waals surface area (Å²) >= 11 is 6.06. The van der Waals surface area contributed by atoms with Crippen molar-refractivity contribution in [2.45, 2.75) is 26.3 Å². The number of aryl methyl sites for hydroxylation is 1. The molecule has 1 atom stereocenters. The molecular formula is C17H18ClF2N. The Bertz CT molecular complexity index is 628. The largest absolute Gasteiger partial charge is 0.310 e. The Labute approximate surface area is 128 Å². The van der Waals surface area contributed by atoms with Gasteiger partial charge in [-0.25, -0.2) is 8.78 Å². The van der Waals surface area contributed by atoms with E-state index in [0.29, 0.717) is 23.6 Å². The van der Waals surface area contributed by atoms with E-state index in [1.165, 1.54) is 18.2 Å². The van der Waals surface area contributed by atoms with Crippen LogP contribution in [-0.2, 0) is 6.42 Å². The molecule has 0 aliphatic rings. The van der Waals surface area contributed by atoms with Gasteiger partial charge in [0.15, 0.2) is 0 Å². The van der Waals surface area contributed by atoms with E-state index in [0.717, 1.165) is 11.1 Å². The summed E-state index contributed by atoms with van der Waals surface area (Å²) in [6.45, 7) is 4.52. The zero-order valence-electron chi connectivity index (χ0n) is 12.1. The van der Waals surface area contributed by atoms with Crippen molar-refractivity contribution in [3.8, 4) is 0 Å². The quantitative estimate of drug-likeness (QED) is 0.835. The average Bonchev–Trinajstić information content (AvgIpc) is 2.41. The standard InChI is InChI=1S/C17H18ClF2N/c1-3-21-17(14-7-4-11(2)8-16(14)20)9-12-5-6-13(19)10-15(12)18/h4-8,10,17,21H,3,9H2,1-2H3. The first-order chi connectivity index (χ1) is 10.0. The van der Waals surface area contributed by atoms with E-state index in [9.17, 15) is 8.78 Å². The average molecular weight is 310 g/mol. The molecule has 0 aliphatic heterocycles. The number of halogens is 3. The normalized spacial score (nSPS) is 12.4. The third kappa shape index (κ3) is 4.02. The Balaban J connectivity index is 2.30. The van der Waals surface area contributed by atoms with Crippen molar-refractivity contribution in [1.29, 1.82) is 0 Å². The molecule has 4 heteroatoms. The van der Waals surface area contributed by atoms with Crippen LogP contribution in [0.2, 0.25) is 5.02 Å². The molecule has 0 spiro atoms. The van der Waals surface area contributed by atoms with Crippen molar-refractivity contribution in [3.05, 3.63) is 69.7 Å². The highest BCUT2D eigenvalue weighted by atomic mass is 35.5. The number of hydrogen-bond acceptors (Lipinski definition) is 1. The molecule has 0 heterocycles. The number of hydrogen-bond donors (Lipinski definition) is 1. The van der Waals surface area contributed by atoms with Gasteiger partial charge >= 0.3 is 0 Å². The van der Waals surface area contributed by atoms with Crippen molar-refractivity contribution in [2.24, 2.45) is 0 Å². The van der Waals surface area contributed by atoms with Gasteiger partial charge in [0.2, 0.25) is 0 Å². The highest BCUT2D eigenvalue weighted by Gasteiger charge is 2.17. The van der Waals surface area contributed by atoms with Gasteiger partial charge in [-0.15, -0.1) is 0 Å². The molecule has 0 saturated heterocycles. The molecule has 1 unspecified atom stereocenters. The molecule has 0 amide bonds. The maximum atomic E-state index is 14.2. The molecular weight excluding hydrogens is 292 g/mol. The molecule has 0 bridgehead atoms. The van der Waals surface area contributed by atoms with Gasteiger partial charge in [-0.3, -0.25) is 0 Å². The topological polar surface area (TPSA) is 12.0 Å². The van der Waals surface area contributed by atoms with Gasteiger partial charge in [-0.05, 0) is 49.2 Å². The predicted octanol–water partition coefficient (Wildman–Crippen LogP) is 4.82. The summed E-state index contributed by atoms with van der Waals surface area (Å²) in [4.78, 5) is 0. The molecule has 1 nitrogen and oxygen atoms in total. The molecule has 2 rings (SSSR count). The molecule has 0 saturated carbocycles. The Morgan fingerprint density at radius 2 is 1.90 bits per heavy atom. The summed E-state index contributed by atoms with van der Waals surface area (Å²) in [5.41, 5.74) is 2.28. The molecule has 0 radical (unpaired) electrons. The summed E-state index contributed by atoms with van der Waals surface area (Å²) in [5, 5.41) is 3.62. The fraction of sp³-hybridized carbons (Fsp3) is 0.294. The highest BCUT2D eigenvalue weighted by molar-refractivity contribution is 6.31. The number of nitrogens with one attached hydrogen (secondary N) is 1. The van der Waals surface area contributed by atoms with Crippen molar-refractivity contribution >= 4 is 11.6 Å². The third-order valence-corrected chi connectivity index (χ3v) is 3.77. The molecule has 0 aromatic heterocycles. The minimum Gasteiger partial charge on any atom is -0.310 e. The number of benzene rings is 2. The van der Waals surface area contributed by atoms with Crippen molar-refractivity contribution in [3.63, 3.8) is 0 Å². The monoisotopic (exact) mass is 309 g/mol. The van der Waals surface area contributed by atoms with Crippen LogP contribution in [0.5, 0.6) is 0 Å². The first kappa shape index (κ1) is 15.9. The zero-order chi connectivity index (χ0) is 15.4. The van der Waals surface area contributed by atoms with Gasteiger partial charge in [0.05, 0.1) is 0 Å². The second-order valence-corrected chi connectivity index (χ2v) is 5.48. The Morgan fingerprint density at radius 3 is 2.52 bits per heavy atom. The van der Waals surface area contributed by atoms with E-state index in [-0.39, 0.29) is 17.7 Å². The van der Waals surface area contributed by atoms with Crippen LogP contribution in [-0.4, -0.2) is 6.54 Å². The Hall–Kier alpha value is -1.45. The van der Waals surface area contributed by atoms with Crippen LogP contribution < -0.4 is 5.32 Å². The lowest BCUT2D eigenvalue weighted by molar-refractivity contribution is 0.509. The minimum absolute atomic E-state index is 0.196. The molecule has 112 valence electrons. The first-order valence-corrected chi connectivity index (χ1v) is 7.32. The number of likely N-dealkylation sites (N-methyl/N-ethyl adjacent to an activating group) is 1. The fourth-order valence-corrected chi connectivity index (χ4v) is 2.60. The zero-order valence-corrected chi connectivity index (χ0v) is 12.8. The molecule has 2 aromatic rings. The lowest BCUT2D eigenvalue weighted by Gasteiger charge is -2.20. The van der Waals surface area contributed by atoms with Crippen molar-refractivity contribution < 1.29 is 8.78 Å². The van der Waals surface area contributed by atoms with Crippen molar-refractivity contribution in [1.82, 2.24) is 5.32 Å². The van der Waals surface area contributed by atoms with Crippen LogP contribution in [0.3, 0.4) is 0 Å². The molecule has 0 aliphatic carbocycles. The van der Waals surface area contributed by atoms with Crippen LogP contribution in [0.15, 0.2) is 36.4 Å². The maximum Gasteiger partial charge on any atom is 0.128 e. The molecule has 1 N–H and O–H groups in total. The second kappa shape index (κ2) is 7.01. The van der Waals surface area contributed by atoms with Crippen molar-refractivity contribution in [2.75, 3.05) is 6.54 Å². The summed E-state index contributed by atoms with van der Waals surface area (Å²) in [5.74, 6) is -0.607. The molecule has 2 aromatic carbocycles. The molecule has 21 heavy (non-hydrogen) atoms. The summed E-state index contributed by atoms with van der Waals surface area (Å²) in [6, 6.07) is 9.30. The van der Waals surface area contributed by atoms with E-state index in [4.69, 9.17) is 11.6 Å².